The third-order valence-corrected chi connectivity index (χ3v) is 4.09. The quantitative estimate of drug-likeness (QED) is 0.834. The molecule has 1 aromatic carbocycles. The van der Waals surface area contributed by atoms with Crippen molar-refractivity contribution >= 4 is 10.0 Å². The fraction of sp³-hybridized carbons (Fsp3) is 0.333. The molecule has 0 aliphatic carbocycles. The Hall–Kier alpha value is -1.33. The lowest BCUT2D eigenvalue weighted by atomic mass is 10.2. The van der Waals surface area contributed by atoms with E-state index in [4.69, 9.17) is 4.74 Å². The van der Waals surface area contributed by atoms with E-state index in [1.54, 1.807) is 30.3 Å². The Morgan fingerprint density at radius 1 is 1.47 bits per heavy atom. The molecule has 0 saturated carbocycles. The second kappa shape index (κ2) is 4.89. The maximum Gasteiger partial charge on any atom is 0.244 e. The number of rotatable bonds is 3. The van der Waals surface area contributed by atoms with Crippen molar-refractivity contribution in [3.63, 3.8) is 0 Å². The molecule has 1 unspecified atom stereocenters. The van der Waals surface area contributed by atoms with Crippen LogP contribution in [0.3, 0.4) is 0 Å². The average Bonchev–Trinajstić information content (AvgIpc) is 2.45. The summed E-state index contributed by atoms with van der Waals surface area (Å²) < 4.78 is 32.1. The molecule has 1 aromatic rings. The fourth-order valence-corrected chi connectivity index (χ4v) is 2.94. The molecule has 0 fully saturated rings. The molecule has 1 atom stereocenters. The summed E-state index contributed by atoms with van der Waals surface area (Å²) in [5, 5.41) is 0. The topological polar surface area (TPSA) is 55.4 Å². The van der Waals surface area contributed by atoms with Gasteiger partial charge in [0.25, 0.3) is 0 Å². The van der Waals surface area contributed by atoms with Crippen LogP contribution in [0.5, 0.6) is 5.75 Å². The molecule has 1 heterocycles. The highest BCUT2D eigenvalue weighted by molar-refractivity contribution is 7.89. The number of benzene rings is 1. The van der Waals surface area contributed by atoms with Gasteiger partial charge in [0.05, 0.1) is 0 Å². The normalized spacial score (nSPS) is 22.0. The lowest BCUT2D eigenvalue weighted by Gasteiger charge is -2.15. The van der Waals surface area contributed by atoms with E-state index in [0.29, 0.717) is 12.3 Å². The van der Waals surface area contributed by atoms with E-state index in [0.717, 1.165) is 12.8 Å². The summed E-state index contributed by atoms with van der Waals surface area (Å²) in [6, 6.07) is 6.68. The molecule has 2 rings (SSSR count). The van der Waals surface area contributed by atoms with Crippen molar-refractivity contribution in [2.45, 2.75) is 23.8 Å². The molecular formula is C12H15NO3S. The summed E-state index contributed by atoms with van der Waals surface area (Å²) in [5.74, 6) is 0.423. The van der Waals surface area contributed by atoms with E-state index < -0.39 is 10.0 Å². The minimum atomic E-state index is -3.44. The largest absolute Gasteiger partial charge is 0.488 e. The van der Waals surface area contributed by atoms with E-state index in [-0.39, 0.29) is 11.0 Å². The number of hydrogen-bond acceptors (Lipinski definition) is 3. The van der Waals surface area contributed by atoms with E-state index in [1.807, 2.05) is 0 Å². The minimum absolute atomic E-state index is 0.147. The van der Waals surface area contributed by atoms with Crippen molar-refractivity contribution < 1.29 is 13.2 Å². The summed E-state index contributed by atoms with van der Waals surface area (Å²) >= 11 is 0. The van der Waals surface area contributed by atoms with Crippen LogP contribution < -0.4 is 9.46 Å². The third-order valence-electron chi connectivity index (χ3n) is 2.63. The first-order chi connectivity index (χ1) is 8.13. The number of nitrogens with one attached hydrogen (secondary N) is 1. The Morgan fingerprint density at radius 2 is 2.24 bits per heavy atom. The number of ether oxygens (including phenoxy) is 1. The number of sulfonamides is 1. The molecule has 92 valence electrons. The summed E-state index contributed by atoms with van der Waals surface area (Å²) in [6.07, 6.45) is 3.20. The van der Waals surface area contributed by atoms with Crippen molar-refractivity contribution in [1.29, 1.82) is 0 Å². The van der Waals surface area contributed by atoms with Crippen molar-refractivity contribution in [1.82, 2.24) is 4.72 Å². The second-order valence-electron chi connectivity index (χ2n) is 3.90. The zero-order chi connectivity index (χ0) is 12.3. The Balaban J connectivity index is 2.30. The van der Waals surface area contributed by atoms with E-state index in [9.17, 15) is 8.42 Å². The summed E-state index contributed by atoms with van der Waals surface area (Å²) in [7, 11) is -3.44. The second-order valence-corrected chi connectivity index (χ2v) is 5.64. The Kier molecular flexibility index (Phi) is 3.49. The van der Waals surface area contributed by atoms with Gasteiger partial charge in [0.1, 0.15) is 16.7 Å². The van der Waals surface area contributed by atoms with Crippen molar-refractivity contribution in [3.8, 4) is 5.75 Å². The van der Waals surface area contributed by atoms with Gasteiger partial charge < -0.3 is 4.74 Å². The average molecular weight is 253 g/mol. The molecule has 5 heteroatoms. The maximum atomic E-state index is 11.9. The molecule has 0 radical (unpaired) electrons. The smallest absolute Gasteiger partial charge is 0.244 e. The zero-order valence-corrected chi connectivity index (χ0v) is 10.2. The molecule has 0 saturated heterocycles. The van der Waals surface area contributed by atoms with Crippen LogP contribution in [0.25, 0.3) is 0 Å². The van der Waals surface area contributed by atoms with Crippen LogP contribution in [0.1, 0.15) is 12.8 Å². The van der Waals surface area contributed by atoms with Gasteiger partial charge in [-0.1, -0.05) is 18.2 Å². The monoisotopic (exact) mass is 253 g/mol. The van der Waals surface area contributed by atoms with Crippen LogP contribution in [-0.4, -0.2) is 21.1 Å². The number of allylic oxidation sites excluding steroid dienone is 1. The summed E-state index contributed by atoms with van der Waals surface area (Å²) in [6.45, 7) is 3.94. The van der Waals surface area contributed by atoms with Crippen LogP contribution in [-0.2, 0) is 10.0 Å². The van der Waals surface area contributed by atoms with Gasteiger partial charge in [0.15, 0.2) is 0 Å². The van der Waals surface area contributed by atoms with E-state index >= 15 is 0 Å². The molecule has 17 heavy (non-hydrogen) atoms. The van der Waals surface area contributed by atoms with E-state index in [1.165, 1.54) is 0 Å². The number of hydrogen-bond donors (Lipinski definition) is 1. The predicted octanol–water partition coefficient (Wildman–Crippen LogP) is 1.69. The van der Waals surface area contributed by atoms with Gasteiger partial charge in [-0.3, -0.25) is 0 Å². The lowest BCUT2D eigenvalue weighted by molar-refractivity contribution is 0.195. The zero-order valence-electron chi connectivity index (χ0n) is 9.43. The predicted molar refractivity (Wildman–Crippen MR) is 65.5 cm³/mol. The molecule has 1 aliphatic heterocycles. The number of para-hydroxylation sites is 1. The maximum absolute atomic E-state index is 11.9. The fourth-order valence-electron chi connectivity index (χ4n) is 1.74. The standard InChI is InChI=1S/C12H15NO3S/c1-2-3-6-10-9-13-17(14,15)12-8-5-4-7-11(12)16-10/h2,4-5,7-8,10,13H,1,3,6,9H2. The van der Waals surface area contributed by atoms with Crippen molar-refractivity contribution in [3.05, 3.63) is 36.9 Å². The first-order valence-corrected chi connectivity index (χ1v) is 6.98. The van der Waals surface area contributed by atoms with Gasteiger partial charge >= 0.3 is 0 Å². The Morgan fingerprint density at radius 3 is 3.00 bits per heavy atom. The highest BCUT2D eigenvalue weighted by atomic mass is 32.2. The van der Waals surface area contributed by atoms with Crippen molar-refractivity contribution in [2.75, 3.05) is 6.54 Å². The molecule has 4 nitrogen and oxygen atoms in total. The van der Waals surface area contributed by atoms with E-state index in [2.05, 4.69) is 11.3 Å². The molecule has 1 N–H and O–H groups in total. The highest BCUT2D eigenvalue weighted by Crippen LogP contribution is 2.27. The lowest BCUT2D eigenvalue weighted by Crippen LogP contribution is -2.31. The molecular weight excluding hydrogens is 238 g/mol. The first kappa shape index (κ1) is 12.1. The molecule has 0 bridgehead atoms. The van der Waals surface area contributed by atoms with Crippen LogP contribution in [0.2, 0.25) is 0 Å². The molecule has 0 aromatic heterocycles. The van der Waals surface area contributed by atoms with Gasteiger partial charge in [-0.15, -0.1) is 6.58 Å². The van der Waals surface area contributed by atoms with Crippen LogP contribution in [0, 0.1) is 0 Å². The molecule has 1 aliphatic rings. The van der Waals surface area contributed by atoms with Gasteiger partial charge in [-0.05, 0) is 25.0 Å². The highest BCUT2D eigenvalue weighted by Gasteiger charge is 2.26. The van der Waals surface area contributed by atoms with Gasteiger partial charge in [0.2, 0.25) is 10.0 Å². The number of fused-ring (bicyclic) bond motifs is 1. The van der Waals surface area contributed by atoms with Gasteiger partial charge in [-0.2, -0.15) is 0 Å². The Bertz CT molecular complexity index is 510. The molecule has 0 amide bonds. The van der Waals surface area contributed by atoms with Crippen LogP contribution in [0.15, 0.2) is 41.8 Å². The van der Waals surface area contributed by atoms with Crippen LogP contribution >= 0.6 is 0 Å². The minimum Gasteiger partial charge on any atom is -0.488 e. The Labute approximate surface area is 101 Å². The molecule has 0 spiro atoms. The summed E-state index contributed by atoms with van der Waals surface area (Å²) in [5.41, 5.74) is 0. The SMILES string of the molecule is C=CCCC1CNS(=O)(=O)c2ccccc2O1. The summed E-state index contributed by atoms with van der Waals surface area (Å²) in [4.78, 5) is 0.209. The van der Waals surface area contributed by atoms with Crippen LogP contribution in [0.4, 0.5) is 0 Å². The van der Waals surface area contributed by atoms with Crippen molar-refractivity contribution in [2.24, 2.45) is 0 Å². The third kappa shape index (κ3) is 2.68. The van der Waals surface area contributed by atoms with Gasteiger partial charge in [0, 0.05) is 6.54 Å². The first-order valence-electron chi connectivity index (χ1n) is 5.50. The van der Waals surface area contributed by atoms with Gasteiger partial charge in [-0.25, -0.2) is 13.1 Å².